The molecule has 0 heteroatoms. The molecule has 32 heavy (non-hydrogen) atoms. The van der Waals surface area contributed by atoms with Crippen LogP contribution in [-0.2, 0) is 0 Å². The number of hydrogen-bond acceptors (Lipinski definition) is 0. The van der Waals surface area contributed by atoms with Gasteiger partial charge in [0, 0.05) is 0 Å². The van der Waals surface area contributed by atoms with Gasteiger partial charge >= 0.3 is 0 Å². The summed E-state index contributed by atoms with van der Waals surface area (Å²) < 4.78 is 0. The van der Waals surface area contributed by atoms with Crippen molar-refractivity contribution >= 4 is 10.8 Å². The molecular weight excluding hydrogens is 384 g/mol. The van der Waals surface area contributed by atoms with Crippen molar-refractivity contribution in [3.05, 3.63) is 108 Å². The van der Waals surface area contributed by atoms with E-state index in [0.29, 0.717) is 0 Å². The number of fused-ring (bicyclic) bond motifs is 2. The van der Waals surface area contributed by atoms with E-state index < -0.39 is 0 Å². The predicted octanol–water partition coefficient (Wildman–Crippen LogP) is 8.97. The van der Waals surface area contributed by atoms with Crippen LogP contribution in [0.1, 0.15) is 61.5 Å². The number of benzene rings is 4. The quantitative estimate of drug-likeness (QED) is 0.312. The van der Waals surface area contributed by atoms with Crippen LogP contribution in [0.15, 0.2) is 97.1 Å². The van der Waals surface area contributed by atoms with Crippen molar-refractivity contribution in [3.63, 3.8) is 0 Å². The third-order valence-electron chi connectivity index (χ3n) is 8.34. The minimum atomic E-state index is 0.724. The first-order chi connectivity index (χ1) is 15.9. The second-order valence-electron chi connectivity index (χ2n) is 10.00. The standard InChI is InChI=1S/C32H32/c1-2-8-23(9-3-1)25-16-19-26(20-17-25)29-12-6-15-32-30(13-7-14-31(29)32)28-21-18-24-10-4-5-11-27(24)22-28/h1-5,8-11,16-22,29-32H,6-7,12-15H2/t29-,30+,31-,32+/m0/s1. The second kappa shape index (κ2) is 8.58. The summed E-state index contributed by atoms with van der Waals surface area (Å²) in [6.45, 7) is 0. The summed E-state index contributed by atoms with van der Waals surface area (Å²) in [5.74, 6) is 3.11. The Balaban J connectivity index is 1.28. The van der Waals surface area contributed by atoms with Gasteiger partial charge in [0.05, 0.1) is 0 Å². The largest absolute Gasteiger partial charge is 0.0622 e. The molecule has 0 aromatic heterocycles. The van der Waals surface area contributed by atoms with Crippen molar-refractivity contribution in [2.75, 3.05) is 0 Å². The predicted molar refractivity (Wildman–Crippen MR) is 136 cm³/mol. The molecule has 2 aliphatic carbocycles. The van der Waals surface area contributed by atoms with Crippen LogP contribution in [0, 0.1) is 11.8 Å². The smallest absolute Gasteiger partial charge is 0.0131 e. The molecule has 0 radical (unpaired) electrons. The van der Waals surface area contributed by atoms with Crippen LogP contribution < -0.4 is 0 Å². The molecule has 0 aliphatic heterocycles. The van der Waals surface area contributed by atoms with Crippen LogP contribution in [-0.4, -0.2) is 0 Å². The molecule has 2 aliphatic rings. The normalized spacial score (nSPS) is 25.4. The van der Waals surface area contributed by atoms with Gasteiger partial charge in [0.15, 0.2) is 0 Å². The zero-order valence-corrected chi connectivity index (χ0v) is 18.8. The zero-order chi connectivity index (χ0) is 21.3. The Hall–Kier alpha value is -2.86. The summed E-state index contributed by atoms with van der Waals surface area (Å²) in [7, 11) is 0. The van der Waals surface area contributed by atoms with E-state index in [2.05, 4.69) is 97.1 Å². The molecule has 2 saturated carbocycles. The molecule has 0 bridgehead atoms. The fraction of sp³-hybridized carbons (Fsp3) is 0.312. The SMILES string of the molecule is c1ccc(-c2ccc([C@@H]3CCC[C@H]4[C@H]3CCC[C@@H]4c3ccc4ccccc4c3)cc2)cc1. The summed E-state index contributed by atoms with van der Waals surface area (Å²) in [6.07, 6.45) is 8.27. The monoisotopic (exact) mass is 416 g/mol. The van der Waals surface area contributed by atoms with E-state index in [1.54, 1.807) is 11.1 Å². The van der Waals surface area contributed by atoms with Gasteiger partial charge in [0.25, 0.3) is 0 Å². The number of hydrogen-bond donors (Lipinski definition) is 0. The molecule has 4 aromatic carbocycles. The Kier molecular flexibility index (Phi) is 5.31. The van der Waals surface area contributed by atoms with E-state index in [-0.39, 0.29) is 0 Å². The molecule has 160 valence electrons. The fourth-order valence-corrected chi connectivity index (χ4v) is 6.82. The Morgan fingerprint density at radius 2 is 1.00 bits per heavy atom. The van der Waals surface area contributed by atoms with E-state index in [0.717, 1.165) is 23.7 Å². The van der Waals surface area contributed by atoms with Gasteiger partial charge in [-0.05, 0) is 82.4 Å². The van der Waals surface area contributed by atoms with Gasteiger partial charge in [0.2, 0.25) is 0 Å². The van der Waals surface area contributed by atoms with Gasteiger partial charge in [0.1, 0.15) is 0 Å². The molecule has 0 nitrogen and oxygen atoms in total. The van der Waals surface area contributed by atoms with E-state index in [1.807, 2.05) is 0 Å². The highest BCUT2D eigenvalue weighted by Crippen LogP contribution is 2.53. The van der Waals surface area contributed by atoms with Gasteiger partial charge in [-0.1, -0.05) is 110 Å². The average molecular weight is 417 g/mol. The Morgan fingerprint density at radius 3 is 1.72 bits per heavy atom. The summed E-state index contributed by atoms with van der Waals surface area (Å²) >= 11 is 0. The van der Waals surface area contributed by atoms with Crippen molar-refractivity contribution in [1.29, 1.82) is 0 Å². The van der Waals surface area contributed by atoms with Gasteiger partial charge in [-0.25, -0.2) is 0 Å². The topological polar surface area (TPSA) is 0 Å². The summed E-state index contributed by atoms with van der Waals surface area (Å²) in [6, 6.07) is 36.4. The van der Waals surface area contributed by atoms with Crippen molar-refractivity contribution in [2.24, 2.45) is 11.8 Å². The Bertz CT molecular complexity index is 1190. The lowest BCUT2D eigenvalue weighted by atomic mass is 9.59. The van der Waals surface area contributed by atoms with Crippen LogP contribution in [0.25, 0.3) is 21.9 Å². The first kappa shape index (κ1) is 19.8. The van der Waals surface area contributed by atoms with Crippen LogP contribution >= 0.6 is 0 Å². The Labute approximate surface area is 192 Å². The highest BCUT2D eigenvalue weighted by Gasteiger charge is 2.41. The minimum Gasteiger partial charge on any atom is -0.0622 e. The maximum Gasteiger partial charge on any atom is -0.0131 e. The van der Waals surface area contributed by atoms with Crippen LogP contribution in [0.2, 0.25) is 0 Å². The third-order valence-corrected chi connectivity index (χ3v) is 8.34. The highest BCUT2D eigenvalue weighted by molar-refractivity contribution is 5.83. The van der Waals surface area contributed by atoms with Gasteiger partial charge in [-0.2, -0.15) is 0 Å². The summed E-state index contributed by atoms with van der Waals surface area (Å²) in [4.78, 5) is 0. The van der Waals surface area contributed by atoms with Crippen molar-refractivity contribution in [2.45, 2.75) is 50.4 Å². The molecule has 0 amide bonds. The zero-order valence-electron chi connectivity index (χ0n) is 18.8. The Morgan fingerprint density at radius 1 is 0.438 bits per heavy atom. The summed E-state index contributed by atoms with van der Waals surface area (Å²) in [5, 5.41) is 2.76. The minimum absolute atomic E-state index is 0.724. The van der Waals surface area contributed by atoms with Gasteiger partial charge in [-0.15, -0.1) is 0 Å². The van der Waals surface area contributed by atoms with Crippen LogP contribution in [0.4, 0.5) is 0 Å². The van der Waals surface area contributed by atoms with E-state index >= 15 is 0 Å². The maximum atomic E-state index is 2.49. The van der Waals surface area contributed by atoms with Gasteiger partial charge < -0.3 is 0 Å². The maximum absolute atomic E-state index is 2.49. The molecule has 0 unspecified atom stereocenters. The van der Waals surface area contributed by atoms with Crippen LogP contribution in [0.5, 0.6) is 0 Å². The molecule has 4 atom stereocenters. The molecule has 2 fully saturated rings. The van der Waals surface area contributed by atoms with E-state index in [4.69, 9.17) is 0 Å². The lowest BCUT2D eigenvalue weighted by Gasteiger charge is -2.46. The lowest BCUT2D eigenvalue weighted by molar-refractivity contribution is 0.121. The first-order valence-corrected chi connectivity index (χ1v) is 12.5. The molecule has 0 N–H and O–H groups in total. The molecule has 6 rings (SSSR count). The van der Waals surface area contributed by atoms with Gasteiger partial charge in [-0.3, -0.25) is 0 Å². The lowest BCUT2D eigenvalue weighted by Crippen LogP contribution is -2.34. The number of rotatable bonds is 3. The highest BCUT2D eigenvalue weighted by atomic mass is 14.5. The molecular formula is C32H32. The average Bonchev–Trinajstić information content (AvgIpc) is 2.88. The molecule has 0 saturated heterocycles. The van der Waals surface area contributed by atoms with Crippen molar-refractivity contribution < 1.29 is 0 Å². The van der Waals surface area contributed by atoms with E-state index in [9.17, 15) is 0 Å². The fourth-order valence-electron chi connectivity index (χ4n) is 6.82. The van der Waals surface area contributed by atoms with Crippen LogP contribution in [0.3, 0.4) is 0 Å². The van der Waals surface area contributed by atoms with E-state index in [1.165, 1.54) is 60.4 Å². The molecule has 4 aromatic rings. The van der Waals surface area contributed by atoms with Crippen molar-refractivity contribution in [3.8, 4) is 11.1 Å². The van der Waals surface area contributed by atoms with Crippen molar-refractivity contribution in [1.82, 2.24) is 0 Å². The third kappa shape index (κ3) is 3.66. The first-order valence-electron chi connectivity index (χ1n) is 12.5. The second-order valence-corrected chi connectivity index (χ2v) is 10.00. The molecule has 0 heterocycles. The summed E-state index contributed by atoms with van der Waals surface area (Å²) in [5.41, 5.74) is 5.80. The molecule has 0 spiro atoms.